The summed E-state index contributed by atoms with van der Waals surface area (Å²) >= 11 is 0. The van der Waals surface area contributed by atoms with E-state index in [0.29, 0.717) is 18.2 Å². The van der Waals surface area contributed by atoms with Crippen LogP contribution >= 0.6 is 0 Å². The highest BCUT2D eigenvalue weighted by atomic mass is 15.2. The van der Waals surface area contributed by atoms with E-state index in [9.17, 15) is 0 Å². The number of imidazole rings is 1. The van der Waals surface area contributed by atoms with Gasteiger partial charge in [0.2, 0.25) is 0 Å². The Morgan fingerprint density at radius 3 is 2.93 bits per heavy atom. The van der Waals surface area contributed by atoms with Gasteiger partial charge in [-0.25, -0.2) is 4.98 Å². The largest absolute Gasteiger partial charge is 0.382 e. The fourth-order valence-corrected chi connectivity index (χ4v) is 1.01. The topological polar surface area (TPSA) is 92.5 Å². The molecule has 0 atom stereocenters. The van der Waals surface area contributed by atoms with Crippen LogP contribution in [0.4, 0.5) is 11.6 Å². The molecular weight excluding hydrogens is 180 g/mol. The van der Waals surface area contributed by atoms with Crippen LogP contribution < -0.4 is 11.1 Å². The van der Waals surface area contributed by atoms with E-state index in [4.69, 9.17) is 5.73 Å². The molecule has 0 fully saturated rings. The van der Waals surface area contributed by atoms with Gasteiger partial charge in [-0.15, -0.1) is 10.2 Å². The Labute approximate surface area is 80.6 Å². The van der Waals surface area contributed by atoms with E-state index in [1.165, 1.54) is 0 Å². The van der Waals surface area contributed by atoms with Crippen molar-refractivity contribution >= 4 is 11.6 Å². The summed E-state index contributed by atoms with van der Waals surface area (Å²) in [6.07, 6.45) is 3.47. The molecule has 4 N–H and O–H groups in total. The second kappa shape index (κ2) is 3.73. The van der Waals surface area contributed by atoms with Gasteiger partial charge in [0.05, 0.1) is 6.54 Å². The monoisotopic (exact) mass is 190 g/mol. The summed E-state index contributed by atoms with van der Waals surface area (Å²) in [5, 5.41) is 10.6. The number of nitrogens with one attached hydrogen (secondary N) is 2. The van der Waals surface area contributed by atoms with Gasteiger partial charge in [0.25, 0.3) is 0 Å². The second-order valence-corrected chi connectivity index (χ2v) is 2.73. The zero-order chi connectivity index (χ0) is 9.80. The molecule has 0 radical (unpaired) electrons. The lowest BCUT2D eigenvalue weighted by atomic mass is 10.5. The van der Waals surface area contributed by atoms with Crippen LogP contribution in [-0.2, 0) is 6.54 Å². The molecule has 6 heteroatoms. The summed E-state index contributed by atoms with van der Waals surface area (Å²) in [5.74, 6) is 1.94. The van der Waals surface area contributed by atoms with Crippen LogP contribution in [0.3, 0.4) is 0 Å². The minimum absolute atomic E-state index is 0.411. The lowest BCUT2D eigenvalue weighted by Gasteiger charge is -2.01. The molecule has 0 aliphatic rings. The van der Waals surface area contributed by atoms with Crippen molar-refractivity contribution in [1.29, 1.82) is 0 Å². The quantitative estimate of drug-likeness (QED) is 0.651. The maximum absolute atomic E-state index is 5.40. The first-order chi connectivity index (χ1) is 6.84. The van der Waals surface area contributed by atoms with Crippen molar-refractivity contribution in [3.05, 3.63) is 30.4 Å². The molecule has 0 saturated heterocycles. The molecule has 72 valence electrons. The summed E-state index contributed by atoms with van der Waals surface area (Å²) in [6, 6.07) is 3.46. The van der Waals surface area contributed by atoms with Crippen molar-refractivity contribution in [3.63, 3.8) is 0 Å². The van der Waals surface area contributed by atoms with E-state index in [1.807, 2.05) is 0 Å². The lowest BCUT2D eigenvalue weighted by Crippen LogP contribution is -2.04. The van der Waals surface area contributed by atoms with Crippen molar-refractivity contribution < 1.29 is 0 Å². The molecule has 2 aromatic heterocycles. The Kier molecular flexibility index (Phi) is 2.26. The van der Waals surface area contributed by atoms with Crippen LogP contribution in [0.2, 0.25) is 0 Å². The highest BCUT2D eigenvalue weighted by molar-refractivity contribution is 5.38. The van der Waals surface area contributed by atoms with Crippen molar-refractivity contribution in [3.8, 4) is 0 Å². The number of nitrogens with zero attached hydrogens (tertiary/aromatic N) is 3. The Morgan fingerprint density at radius 2 is 2.29 bits per heavy atom. The van der Waals surface area contributed by atoms with E-state index in [1.54, 1.807) is 24.5 Å². The van der Waals surface area contributed by atoms with E-state index in [-0.39, 0.29) is 0 Å². The molecular formula is C8H10N6. The summed E-state index contributed by atoms with van der Waals surface area (Å²) < 4.78 is 0. The number of hydrogen-bond donors (Lipinski definition) is 3. The Morgan fingerprint density at radius 1 is 1.36 bits per heavy atom. The minimum Gasteiger partial charge on any atom is -0.382 e. The normalized spacial score (nSPS) is 10.0. The van der Waals surface area contributed by atoms with Gasteiger partial charge in [0, 0.05) is 12.4 Å². The first-order valence-corrected chi connectivity index (χ1v) is 4.16. The first-order valence-electron chi connectivity index (χ1n) is 4.16. The molecule has 0 saturated carbocycles. The maximum atomic E-state index is 5.40. The van der Waals surface area contributed by atoms with Gasteiger partial charge < -0.3 is 16.0 Å². The third-order valence-electron chi connectivity index (χ3n) is 1.68. The average Bonchev–Trinajstić information content (AvgIpc) is 2.70. The molecule has 0 aliphatic carbocycles. The maximum Gasteiger partial charge on any atom is 0.149 e. The Bertz CT molecular complexity index is 379. The summed E-state index contributed by atoms with van der Waals surface area (Å²) in [6.45, 7) is 0.589. The standard InChI is InChI=1S/C8H10N6/c9-6-1-2-7(14-13-6)12-5-8-10-3-4-11-8/h1-4H,5H2,(H2,9,13)(H,10,11)(H,12,14). The van der Waals surface area contributed by atoms with Gasteiger partial charge in [-0.3, -0.25) is 0 Å². The van der Waals surface area contributed by atoms with Crippen LogP contribution in [0, 0.1) is 0 Å². The highest BCUT2D eigenvalue weighted by Crippen LogP contribution is 2.03. The fourth-order valence-electron chi connectivity index (χ4n) is 1.01. The number of rotatable bonds is 3. The number of nitrogens with two attached hydrogens (primary N) is 1. The summed E-state index contributed by atoms with van der Waals surface area (Å²) in [4.78, 5) is 7.03. The highest BCUT2D eigenvalue weighted by Gasteiger charge is 1.96. The van der Waals surface area contributed by atoms with E-state index < -0.39 is 0 Å². The zero-order valence-corrected chi connectivity index (χ0v) is 7.44. The Hall–Kier alpha value is -2.11. The molecule has 0 unspecified atom stereocenters. The number of aromatic amines is 1. The SMILES string of the molecule is Nc1ccc(NCc2ncc[nH]2)nn1. The average molecular weight is 190 g/mol. The van der Waals surface area contributed by atoms with Gasteiger partial charge in [-0.05, 0) is 12.1 Å². The molecule has 14 heavy (non-hydrogen) atoms. The smallest absolute Gasteiger partial charge is 0.149 e. The third kappa shape index (κ3) is 1.98. The van der Waals surface area contributed by atoms with Crippen LogP contribution in [0.1, 0.15) is 5.82 Å². The molecule has 2 heterocycles. The number of nitrogen functional groups attached to an aromatic ring is 1. The first kappa shape index (κ1) is 8.49. The van der Waals surface area contributed by atoms with Crippen molar-refractivity contribution in [1.82, 2.24) is 20.2 Å². The van der Waals surface area contributed by atoms with Crippen LogP contribution in [-0.4, -0.2) is 20.2 Å². The number of hydrogen-bond acceptors (Lipinski definition) is 5. The molecule has 0 aliphatic heterocycles. The fraction of sp³-hybridized carbons (Fsp3) is 0.125. The van der Waals surface area contributed by atoms with Crippen LogP contribution in [0.5, 0.6) is 0 Å². The van der Waals surface area contributed by atoms with Crippen molar-refractivity contribution in [2.24, 2.45) is 0 Å². The van der Waals surface area contributed by atoms with Crippen LogP contribution in [0.25, 0.3) is 0 Å². The number of anilines is 2. The van der Waals surface area contributed by atoms with Crippen LogP contribution in [0.15, 0.2) is 24.5 Å². The van der Waals surface area contributed by atoms with Gasteiger partial charge in [0.15, 0.2) is 0 Å². The van der Waals surface area contributed by atoms with Gasteiger partial charge in [-0.2, -0.15) is 0 Å². The minimum atomic E-state index is 0.411. The van der Waals surface area contributed by atoms with Gasteiger partial charge in [-0.1, -0.05) is 0 Å². The number of H-pyrrole nitrogens is 1. The van der Waals surface area contributed by atoms with E-state index >= 15 is 0 Å². The third-order valence-corrected chi connectivity index (χ3v) is 1.68. The molecule has 0 spiro atoms. The molecule has 6 nitrogen and oxygen atoms in total. The predicted molar refractivity (Wildman–Crippen MR) is 52.4 cm³/mol. The molecule has 0 aromatic carbocycles. The Balaban J connectivity index is 1.95. The number of aromatic nitrogens is 4. The molecule has 2 rings (SSSR count). The molecule has 0 bridgehead atoms. The van der Waals surface area contributed by atoms with Crippen molar-refractivity contribution in [2.75, 3.05) is 11.1 Å². The van der Waals surface area contributed by atoms with Gasteiger partial charge >= 0.3 is 0 Å². The second-order valence-electron chi connectivity index (χ2n) is 2.73. The lowest BCUT2D eigenvalue weighted by molar-refractivity contribution is 0.959. The summed E-state index contributed by atoms with van der Waals surface area (Å²) in [5.41, 5.74) is 5.40. The summed E-state index contributed by atoms with van der Waals surface area (Å²) in [7, 11) is 0. The van der Waals surface area contributed by atoms with Crippen molar-refractivity contribution in [2.45, 2.75) is 6.54 Å². The zero-order valence-electron chi connectivity index (χ0n) is 7.44. The van der Waals surface area contributed by atoms with E-state index in [2.05, 4.69) is 25.5 Å². The van der Waals surface area contributed by atoms with Gasteiger partial charge in [0.1, 0.15) is 17.5 Å². The molecule has 2 aromatic rings. The predicted octanol–water partition coefficient (Wildman–Crippen LogP) is 0.394. The van der Waals surface area contributed by atoms with E-state index in [0.717, 1.165) is 5.82 Å². The molecule has 0 amide bonds.